The van der Waals surface area contributed by atoms with Gasteiger partial charge in [-0.3, -0.25) is 5.41 Å². The summed E-state index contributed by atoms with van der Waals surface area (Å²) in [6.45, 7) is 0.295. The highest BCUT2D eigenvalue weighted by Crippen LogP contribution is 2.20. The van der Waals surface area contributed by atoms with Crippen LogP contribution in [0.2, 0.25) is 0 Å². The van der Waals surface area contributed by atoms with Gasteiger partial charge in [-0.1, -0.05) is 36.4 Å². The summed E-state index contributed by atoms with van der Waals surface area (Å²) in [5.74, 6) is -0.641. The Bertz CT molecular complexity index is 772. The summed E-state index contributed by atoms with van der Waals surface area (Å²) < 4.78 is 10.1. The molecule has 2 rings (SSSR count). The van der Waals surface area contributed by atoms with E-state index in [1.807, 2.05) is 30.3 Å². The van der Waals surface area contributed by atoms with E-state index in [-0.39, 0.29) is 11.6 Å². The molecule has 0 amide bonds. The van der Waals surface area contributed by atoms with E-state index in [4.69, 9.17) is 10.1 Å². The zero-order chi connectivity index (χ0) is 18.2. The van der Waals surface area contributed by atoms with Crippen LogP contribution in [0.3, 0.4) is 0 Å². The van der Waals surface area contributed by atoms with E-state index in [2.05, 4.69) is 4.74 Å². The molecule has 0 aliphatic heterocycles. The van der Waals surface area contributed by atoms with E-state index in [0.29, 0.717) is 24.1 Å². The number of ether oxygens (including phenoxy) is 2. The van der Waals surface area contributed by atoms with Crippen LogP contribution >= 0.6 is 0 Å². The summed E-state index contributed by atoms with van der Waals surface area (Å²) in [5, 5.41) is 17.4. The van der Waals surface area contributed by atoms with Gasteiger partial charge in [0, 0.05) is 18.3 Å². The molecular formula is C19H20N2O4. The Kier molecular flexibility index (Phi) is 6.17. The molecular weight excluding hydrogens is 320 g/mol. The topological polar surface area (TPSA) is 82.9 Å². The number of esters is 1. The van der Waals surface area contributed by atoms with Crippen LogP contribution in [0.5, 0.6) is 0 Å². The van der Waals surface area contributed by atoms with Crippen molar-refractivity contribution in [2.24, 2.45) is 0 Å². The Morgan fingerprint density at radius 3 is 2.56 bits per heavy atom. The minimum atomic E-state index is -0.661. The molecule has 0 spiro atoms. The van der Waals surface area contributed by atoms with Gasteiger partial charge in [-0.15, -0.1) is 0 Å². The Labute approximate surface area is 146 Å². The number of aliphatic hydroxyl groups is 1. The molecule has 0 bridgehead atoms. The lowest BCUT2D eigenvalue weighted by Crippen LogP contribution is -2.24. The van der Waals surface area contributed by atoms with E-state index >= 15 is 0 Å². The third-order valence-corrected chi connectivity index (χ3v) is 3.60. The average Bonchev–Trinajstić information content (AvgIpc) is 2.67. The molecule has 0 aliphatic rings. The van der Waals surface area contributed by atoms with Crippen molar-refractivity contribution < 1.29 is 19.4 Å². The number of likely N-dealkylation sites (N-methyl/N-ethyl adjacent to an activating group) is 1. The zero-order valence-corrected chi connectivity index (χ0v) is 14.1. The number of methoxy groups -OCH3 is 1. The Hall–Kier alpha value is -3.28. The van der Waals surface area contributed by atoms with E-state index in [0.717, 1.165) is 5.56 Å². The fourth-order valence-corrected chi connectivity index (χ4v) is 2.19. The van der Waals surface area contributed by atoms with E-state index < -0.39 is 5.97 Å². The predicted octanol–water partition coefficient (Wildman–Crippen LogP) is 3.24. The summed E-state index contributed by atoms with van der Waals surface area (Å²) in [6, 6.07) is 16.5. The number of nitrogens with one attached hydrogen (secondary N) is 1. The van der Waals surface area contributed by atoms with Crippen molar-refractivity contribution in [2.75, 3.05) is 19.1 Å². The molecule has 0 saturated carbocycles. The molecule has 25 heavy (non-hydrogen) atoms. The quantitative estimate of drug-likeness (QED) is 0.277. The lowest BCUT2D eigenvalue weighted by Gasteiger charge is -2.20. The molecule has 0 heterocycles. The maximum absolute atomic E-state index is 11.7. The van der Waals surface area contributed by atoms with Crippen LogP contribution in [-0.4, -0.2) is 31.1 Å². The predicted molar refractivity (Wildman–Crippen MR) is 95.6 cm³/mol. The van der Waals surface area contributed by atoms with Crippen molar-refractivity contribution in [3.8, 4) is 0 Å². The van der Waals surface area contributed by atoms with Crippen LogP contribution in [0.15, 0.2) is 66.6 Å². The first kappa shape index (κ1) is 18.1. The second-order valence-electron chi connectivity index (χ2n) is 5.22. The summed E-state index contributed by atoms with van der Waals surface area (Å²) in [6.07, 6.45) is 0.690. The second-order valence-corrected chi connectivity index (χ2v) is 5.22. The first-order chi connectivity index (χ1) is 12.1. The van der Waals surface area contributed by atoms with Gasteiger partial charge in [-0.25, -0.2) is 4.79 Å². The number of carbonyl (C=O) groups is 1. The van der Waals surface area contributed by atoms with E-state index in [9.17, 15) is 9.90 Å². The highest BCUT2D eigenvalue weighted by atomic mass is 16.5. The lowest BCUT2D eigenvalue weighted by atomic mass is 10.1. The SMILES string of the molecule is COC(=O)/C(=C/O)N(C)c1cccc(C(=N)OCc2ccccc2)c1. The molecule has 0 aromatic heterocycles. The van der Waals surface area contributed by atoms with Gasteiger partial charge in [0.15, 0.2) is 5.70 Å². The maximum atomic E-state index is 11.7. The molecule has 0 atom stereocenters. The van der Waals surface area contributed by atoms with Gasteiger partial charge in [-0.05, 0) is 23.8 Å². The molecule has 6 nitrogen and oxygen atoms in total. The minimum Gasteiger partial charge on any atom is -0.513 e. The molecule has 2 aromatic rings. The van der Waals surface area contributed by atoms with Crippen molar-refractivity contribution in [3.05, 3.63) is 77.7 Å². The highest BCUT2D eigenvalue weighted by Gasteiger charge is 2.17. The molecule has 0 radical (unpaired) electrons. The van der Waals surface area contributed by atoms with Crippen molar-refractivity contribution >= 4 is 17.6 Å². The van der Waals surface area contributed by atoms with Gasteiger partial charge < -0.3 is 19.5 Å². The van der Waals surface area contributed by atoms with Crippen LogP contribution < -0.4 is 4.90 Å². The second kappa shape index (κ2) is 8.54. The first-order valence-electron chi connectivity index (χ1n) is 7.59. The van der Waals surface area contributed by atoms with Crippen molar-refractivity contribution in [2.45, 2.75) is 6.61 Å². The molecule has 0 saturated heterocycles. The monoisotopic (exact) mass is 340 g/mol. The lowest BCUT2D eigenvalue weighted by molar-refractivity contribution is -0.136. The van der Waals surface area contributed by atoms with Crippen LogP contribution in [0.4, 0.5) is 5.69 Å². The van der Waals surface area contributed by atoms with Crippen molar-refractivity contribution in [1.82, 2.24) is 0 Å². The van der Waals surface area contributed by atoms with Crippen LogP contribution in [-0.2, 0) is 20.9 Å². The van der Waals surface area contributed by atoms with Gasteiger partial charge in [0.2, 0.25) is 5.90 Å². The Balaban J connectivity index is 2.12. The number of carbonyl (C=O) groups excluding carboxylic acids is 1. The molecule has 130 valence electrons. The molecule has 0 fully saturated rings. The normalized spacial score (nSPS) is 10.9. The first-order valence-corrected chi connectivity index (χ1v) is 7.59. The van der Waals surface area contributed by atoms with Gasteiger partial charge in [0.25, 0.3) is 0 Å². The number of hydrogen-bond acceptors (Lipinski definition) is 6. The molecule has 6 heteroatoms. The molecule has 2 N–H and O–H groups in total. The molecule has 2 aromatic carbocycles. The standard InChI is InChI=1S/C19H20N2O4/c1-21(17(12-22)19(23)24-2)16-10-6-9-15(11-16)18(20)25-13-14-7-4-3-5-8-14/h3-12,20,22H,13H2,1-2H3/b17-12-,20-18?. The Morgan fingerprint density at radius 2 is 1.92 bits per heavy atom. The van der Waals surface area contributed by atoms with E-state index in [1.165, 1.54) is 12.0 Å². The van der Waals surface area contributed by atoms with Crippen LogP contribution in [0.25, 0.3) is 0 Å². The number of rotatable bonds is 6. The number of nitrogens with zero attached hydrogens (tertiary/aromatic N) is 1. The number of benzene rings is 2. The van der Waals surface area contributed by atoms with Gasteiger partial charge in [0.1, 0.15) is 12.9 Å². The van der Waals surface area contributed by atoms with Crippen molar-refractivity contribution in [3.63, 3.8) is 0 Å². The van der Waals surface area contributed by atoms with E-state index in [1.54, 1.807) is 31.3 Å². The zero-order valence-electron chi connectivity index (χ0n) is 14.1. The van der Waals surface area contributed by atoms with Gasteiger partial charge in [-0.2, -0.15) is 0 Å². The third-order valence-electron chi connectivity index (χ3n) is 3.60. The smallest absolute Gasteiger partial charge is 0.357 e. The summed E-state index contributed by atoms with van der Waals surface area (Å²) in [5.41, 5.74) is 2.12. The number of hydrogen-bond donors (Lipinski definition) is 2. The number of anilines is 1. The largest absolute Gasteiger partial charge is 0.513 e. The summed E-state index contributed by atoms with van der Waals surface area (Å²) >= 11 is 0. The number of aliphatic hydroxyl groups excluding tert-OH is 1. The summed E-state index contributed by atoms with van der Waals surface area (Å²) in [4.78, 5) is 13.1. The molecule has 0 unspecified atom stereocenters. The van der Waals surface area contributed by atoms with Crippen LogP contribution in [0.1, 0.15) is 11.1 Å². The minimum absolute atomic E-state index is 0.0172. The third kappa shape index (κ3) is 4.60. The fraction of sp³-hybridized carbons (Fsp3) is 0.158. The fourth-order valence-electron chi connectivity index (χ4n) is 2.19. The molecule has 0 aliphatic carbocycles. The highest BCUT2D eigenvalue weighted by molar-refractivity contribution is 5.95. The average molecular weight is 340 g/mol. The van der Waals surface area contributed by atoms with Crippen LogP contribution in [0, 0.1) is 5.41 Å². The maximum Gasteiger partial charge on any atom is 0.357 e. The Morgan fingerprint density at radius 1 is 1.20 bits per heavy atom. The van der Waals surface area contributed by atoms with Crippen molar-refractivity contribution in [1.29, 1.82) is 5.41 Å². The summed E-state index contributed by atoms with van der Waals surface area (Å²) in [7, 11) is 2.86. The van der Waals surface area contributed by atoms with Gasteiger partial charge in [0.05, 0.1) is 7.11 Å². The van der Waals surface area contributed by atoms with Gasteiger partial charge >= 0.3 is 5.97 Å².